The molecule has 0 saturated carbocycles. The van der Waals surface area contributed by atoms with E-state index in [-0.39, 0.29) is 31.1 Å². The van der Waals surface area contributed by atoms with Gasteiger partial charge in [-0.2, -0.15) is 0 Å². The maximum atomic E-state index is 12.7. The smallest absolute Gasteiger partial charge is 0.292 e. The second-order valence-corrected chi connectivity index (χ2v) is 5.63. The quantitative estimate of drug-likeness (QED) is 0.707. The molecule has 0 aromatic heterocycles. The Morgan fingerprint density at radius 3 is 2.68 bits per heavy atom. The molecule has 1 atom stereocenters. The molecule has 1 N–H and O–H groups in total. The predicted octanol–water partition coefficient (Wildman–Crippen LogP) is -1.04. The first-order valence-electron chi connectivity index (χ1n) is 7.43. The maximum absolute atomic E-state index is 12.7. The number of rotatable bonds is 2. The van der Waals surface area contributed by atoms with E-state index >= 15 is 0 Å². The molecule has 116 valence electrons. The normalized spacial score (nSPS) is 25.1. The summed E-state index contributed by atoms with van der Waals surface area (Å²) in [6, 6.07) is 4.84. The molecule has 7 heteroatoms. The highest BCUT2D eigenvalue weighted by Crippen LogP contribution is 2.36. The number of nitrogens with one attached hydrogen (secondary N) is 1. The molecule has 1 aromatic carbocycles. The Balaban J connectivity index is 1.59. The van der Waals surface area contributed by atoms with Crippen molar-refractivity contribution >= 4 is 17.5 Å². The average molecular weight is 305 g/mol. The van der Waals surface area contributed by atoms with E-state index < -0.39 is 0 Å². The molecule has 3 aliphatic rings. The van der Waals surface area contributed by atoms with Gasteiger partial charge in [-0.3, -0.25) is 9.59 Å². The third-order valence-electron chi connectivity index (χ3n) is 4.39. The summed E-state index contributed by atoms with van der Waals surface area (Å²) in [5, 5.41) is 0. The lowest BCUT2D eigenvalue weighted by molar-refractivity contribution is -0.922. The lowest BCUT2D eigenvalue weighted by atomic mass is 10.2. The van der Waals surface area contributed by atoms with Crippen molar-refractivity contribution in [1.29, 1.82) is 0 Å². The molecule has 0 radical (unpaired) electrons. The van der Waals surface area contributed by atoms with E-state index in [1.54, 1.807) is 18.2 Å². The van der Waals surface area contributed by atoms with Crippen LogP contribution in [0.25, 0.3) is 0 Å². The molecule has 0 unspecified atom stereocenters. The number of anilines is 1. The standard InChI is InChI=1S/C15H16N2O5/c18-14-8-11(16-3-5-20-6-4-16)15(19)17(14)10-1-2-12-13(7-10)22-9-21-12/h1-2,7,11H,3-6,8-9H2/p+1/t11-/m1/s1. The summed E-state index contributed by atoms with van der Waals surface area (Å²) in [6.07, 6.45) is 0.253. The number of fused-ring (bicyclic) bond motifs is 1. The third kappa shape index (κ3) is 2.13. The fraction of sp³-hybridized carbons (Fsp3) is 0.467. The molecule has 1 aromatic rings. The van der Waals surface area contributed by atoms with Crippen molar-refractivity contribution in [2.24, 2.45) is 0 Å². The number of hydrogen-bond acceptors (Lipinski definition) is 5. The molecule has 3 heterocycles. The first kappa shape index (κ1) is 13.5. The Morgan fingerprint density at radius 1 is 1.09 bits per heavy atom. The van der Waals surface area contributed by atoms with Gasteiger partial charge in [-0.15, -0.1) is 0 Å². The predicted molar refractivity (Wildman–Crippen MR) is 75.0 cm³/mol. The van der Waals surface area contributed by atoms with Crippen LogP contribution in [-0.4, -0.2) is 51.0 Å². The SMILES string of the molecule is O=C1C[C@@H]([NH+]2CCOCC2)C(=O)N1c1ccc2c(c1)OCO2. The van der Waals surface area contributed by atoms with Crippen LogP contribution in [0.5, 0.6) is 11.5 Å². The number of morpholine rings is 1. The molecule has 0 aliphatic carbocycles. The molecular formula is C15H17N2O5+. The Labute approximate surface area is 127 Å². The van der Waals surface area contributed by atoms with E-state index in [0.717, 1.165) is 18.0 Å². The van der Waals surface area contributed by atoms with E-state index in [2.05, 4.69) is 0 Å². The summed E-state index contributed by atoms with van der Waals surface area (Å²) in [4.78, 5) is 27.4. The minimum absolute atomic E-state index is 0.138. The second-order valence-electron chi connectivity index (χ2n) is 5.63. The lowest BCUT2D eigenvalue weighted by Gasteiger charge is -2.27. The number of hydrogen-bond donors (Lipinski definition) is 1. The molecule has 4 rings (SSSR count). The topological polar surface area (TPSA) is 69.5 Å². The maximum Gasteiger partial charge on any atom is 0.292 e. The number of amides is 2. The van der Waals surface area contributed by atoms with Crippen molar-refractivity contribution in [1.82, 2.24) is 0 Å². The van der Waals surface area contributed by atoms with Gasteiger partial charge in [0.15, 0.2) is 17.5 Å². The summed E-state index contributed by atoms with van der Waals surface area (Å²) in [5.41, 5.74) is 0.550. The van der Waals surface area contributed by atoms with Crippen LogP contribution in [0.2, 0.25) is 0 Å². The Bertz CT molecular complexity index is 626. The molecule has 0 spiro atoms. The van der Waals surface area contributed by atoms with Gasteiger partial charge in [-0.05, 0) is 12.1 Å². The minimum Gasteiger partial charge on any atom is -0.454 e. The zero-order valence-electron chi connectivity index (χ0n) is 12.0. The molecular weight excluding hydrogens is 288 g/mol. The summed E-state index contributed by atoms with van der Waals surface area (Å²) in [6.45, 7) is 2.97. The molecule has 0 bridgehead atoms. The lowest BCUT2D eigenvalue weighted by Crippen LogP contribution is -3.18. The van der Waals surface area contributed by atoms with Crippen molar-refractivity contribution in [2.45, 2.75) is 12.5 Å². The fourth-order valence-corrected chi connectivity index (χ4v) is 3.23. The molecule has 2 amide bonds. The zero-order chi connectivity index (χ0) is 15.1. The second kappa shape index (κ2) is 5.26. The molecule has 3 aliphatic heterocycles. The number of quaternary nitrogens is 1. The van der Waals surface area contributed by atoms with Crippen LogP contribution in [0.4, 0.5) is 5.69 Å². The van der Waals surface area contributed by atoms with Crippen molar-refractivity contribution in [3.63, 3.8) is 0 Å². The number of imide groups is 1. The van der Waals surface area contributed by atoms with E-state index in [0.29, 0.717) is 30.4 Å². The first-order chi connectivity index (χ1) is 10.7. The fourth-order valence-electron chi connectivity index (χ4n) is 3.23. The van der Waals surface area contributed by atoms with Crippen LogP contribution in [0.1, 0.15) is 6.42 Å². The van der Waals surface area contributed by atoms with Gasteiger partial charge in [0.1, 0.15) is 13.1 Å². The zero-order valence-corrected chi connectivity index (χ0v) is 12.0. The highest BCUT2D eigenvalue weighted by Gasteiger charge is 2.46. The van der Waals surface area contributed by atoms with Gasteiger partial charge in [-0.25, -0.2) is 4.90 Å². The number of carbonyl (C=O) groups is 2. The number of ether oxygens (including phenoxy) is 3. The number of carbonyl (C=O) groups excluding carboxylic acids is 2. The molecule has 2 saturated heterocycles. The molecule has 2 fully saturated rings. The summed E-state index contributed by atoms with van der Waals surface area (Å²) < 4.78 is 15.9. The Hall–Kier alpha value is -2.12. The van der Waals surface area contributed by atoms with Crippen molar-refractivity contribution in [3.05, 3.63) is 18.2 Å². The molecule has 22 heavy (non-hydrogen) atoms. The monoisotopic (exact) mass is 305 g/mol. The van der Waals surface area contributed by atoms with Crippen LogP contribution in [0.3, 0.4) is 0 Å². The van der Waals surface area contributed by atoms with Crippen LogP contribution in [0, 0.1) is 0 Å². The Morgan fingerprint density at radius 2 is 1.86 bits per heavy atom. The van der Waals surface area contributed by atoms with Crippen LogP contribution >= 0.6 is 0 Å². The van der Waals surface area contributed by atoms with Crippen LogP contribution < -0.4 is 19.3 Å². The van der Waals surface area contributed by atoms with Crippen LogP contribution in [0.15, 0.2) is 18.2 Å². The summed E-state index contributed by atoms with van der Waals surface area (Å²) in [7, 11) is 0. The van der Waals surface area contributed by atoms with Crippen molar-refractivity contribution in [2.75, 3.05) is 38.0 Å². The van der Waals surface area contributed by atoms with Gasteiger partial charge >= 0.3 is 0 Å². The first-order valence-corrected chi connectivity index (χ1v) is 7.43. The van der Waals surface area contributed by atoms with E-state index in [1.165, 1.54) is 4.90 Å². The van der Waals surface area contributed by atoms with Gasteiger partial charge in [0.05, 0.1) is 25.3 Å². The van der Waals surface area contributed by atoms with Gasteiger partial charge in [-0.1, -0.05) is 0 Å². The average Bonchev–Trinajstić information content (AvgIpc) is 3.12. The van der Waals surface area contributed by atoms with Crippen molar-refractivity contribution in [3.8, 4) is 11.5 Å². The number of benzene rings is 1. The Kier molecular flexibility index (Phi) is 3.24. The van der Waals surface area contributed by atoms with Gasteiger partial charge < -0.3 is 19.1 Å². The van der Waals surface area contributed by atoms with Gasteiger partial charge in [0.2, 0.25) is 12.7 Å². The summed E-state index contributed by atoms with van der Waals surface area (Å²) in [5.74, 6) is 0.909. The van der Waals surface area contributed by atoms with E-state index in [1.807, 2.05) is 0 Å². The highest BCUT2D eigenvalue weighted by atomic mass is 16.7. The van der Waals surface area contributed by atoms with Crippen molar-refractivity contribution < 1.29 is 28.7 Å². The van der Waals surface area contributed by atoms with E-state index in [9.17, 15) is 9.59 Å². The number of nitrogens with zero attached hydrogens (tertiary/aromatic N) is 1. The highest BCUT2D eigenvalue weighted by molar-refractivity contribution is 6.22. The largest absolute Gasteiger partial charge is 0.454 e. The summed E-state index contributed by atoms with van der Waals surface area (Å²) >= 11 is 0. The van der Waals surface area contributed by atoms with Crippen LogP contribution in [-0.2, 0) is 14.3 Å². The third-order valence-corrected chi connectivity index (χ3v) is 4.39. The molecule has 7 nitrogen and oxygen atoms in total. The van der Waals surface area contributed by atoms with Gasteiger partial charge in [0.25, 0.3) is 5.91 Å². The minimum atomic E-state index is -0.304. The van der Waals surface area contributed by atoms with Gasteiger partial charge in [0, 0.05) is 6.07 Å². The van der Waals surface area contributed by atoms with E-state index in [4.69, 9.17) is 14.2 Å².